The third-order valence-corrected chi connectivity index (χ3v) is 5.28. The Morgan fingerprint density at radius 3 is 2.46 bits per heavy atom. The molecule has 1 aliphatic heterocycles. The summed E-state index contributed by atoms with van der Waals surface area (Å²) in [6, 6.07) is 5.41. The highest BCUT2D eigenvalue weighted by molar-refractivity contribution is 5.81. The van der Waals surface area contributed by atoms with E-state index >= 15 is 0 Å². The molecule has 2 heterocycles. The van der Waals surface area contributed by atoms with Crippen molar-refractivity contribution in [3.05, 3.63) is 44.5 Å². The van der Waals surface area contributed by atoms with Crippen LogP contribution in [0.15, 0.2) is 27.8 Å². The fourth-order valence-corrected chi connectivity index (χ4v) is 3.60. The Balaban J connectivity index is 2.20. The lowest BCUT2D eigenvalue weighted by atomic mass is 9.78. The maximum atomic E-state index is 12.6. The smallest absolute Gasteiger partial charge is 0.317 e. The van der Waals surface area contributed by atoms with Crippen molar-refractivity contribution in [3.8, 4) is 0 Å². The zero-order valence-electron chi connectivity index (χ0n) is 14.8. The highest BCUT2D eigenvalue weighted by atomic mass is 16.4. The minimum atomic E-state index is -1.64. The topological polar surface area (TPSA) is 125 Å². The molecular formula is C18H24N2O6. The Kier molecular flexibility index (Phi) is 4.78. The normalized spacial score (nSPS) is 19.3. The van der Waals surface area contributed by atoms with E-state index in [1.54, 1.807) is 12.1 Å². The molecule has 1 aromatic heterocycles. The number of benzene rings is 1. The van der Waals surface area contributed by atoms with Crippen LogP contribution in [0.5, 0.6) is 0 Å². The number of hydrogen-bond acceptors (Lipinski definition) is 6. The van der Waals surface area contributed by atoms with Crippen LogP contribution in [0.1, 0.15) is 25.8 Å². The molecule has 8 heteroatoms. The summed E-state index contributed by atoms with van der Waals surface area (Å²) in [5.41, 5.74) is 0.447. The van der Waals surface area contributed by atoms with Crippen LogP contribution in [-0.2, 0) is 18.5 Å². The van der Waals surface area contributed by atoms with Crippen molar-refractivity contribution < 1.29 is 20.4 Å². The molecule has 3 atom stereocenters. The van der Waals surface area contributed by atoms with Gasteiger partial charge >= 0.3 is 11.1 Å². The fourth-order valence-electron chi connectivity index (χ4n) is 3.60. The summed E-state index contributed by atoms with van der Waals surface area (Å²) in [6.07, 6.45) is -3.97. The van der Waals surface area contributed by atoms with Gasteiger partial charge in [0.2, 0.25) is 0 Å². The van der Waals surface area contributed by atoms with Crippen LogP contribution in [0.3, 0.4) is 0 Å². The molecule has 0 radical (unpaired) electrons. The number of aromatic nitrogens is 2. The van der Waals surface area contributed by atoms with Crippen molar-refractivity contribution in [2.24, 2.45) is 0 Å². The van der Waals surface area contributed by atoms with Crippen molar-refractivity contribution in [3.63, 3.8) is 0 Å². The predicted molar refractivity (Wildman–Crippen MR) is 95.2 cm³/mol. The first-order valence-corrected chi connectivity index (χ1v) is 8.61. The zero-order valence-corrected chi connectivity index (χ0v) is 14.8. The summed E-state index contributed by atoms with van der Waals surface area (Å²) in [6.45, 7) is 3.48. The molecule has 4 N–H and O–H groups in total. The number of nitrogens with zero attached hydrogens (tertiary/aromatic N) is 2. The molecule has 1 aliphatic rings. The molecule has 2 aromatic rings. The maximum absolute atomic E-state index is 12.6. The summed E-state index contributed by atoms with van der Waals surface area (Å²) < 4.78 is 2.61. The van der Waals surface area contributed by atoms with Crippen molar-refractivity contribution in [1.29, 1.82) is 0 Å². The zero-order chi connectivity index (χ0) is 19.2. The van der Waals surface area contributed by atoms with E-state index < -0.39 is 36.0 Å². The first-order chi connectivity index (χ1) is 12.2. The molecule has 26 heavy (non-hydrogen) atoms. The van der Waals surface area contributed by atoms with E-state index in [9.17, 15) is 24.9 Å². The third-order valence-electron chi connectivity index (χ3n) is 5.28. The Hall–Kier alpha value is -2.00. The summed E-state index contributed by atoms with van der Waals surface area (Å²) in [7, 11) is 0. The predicted octanol–water partition coefficient (Wildman–Crippen LogP) is -1.08. The van der Waals surface area contributed by atoms with E-state index in [2.05, 4.69) is 13.8 Å². The standard InChI is InChI=1S/C18H24N2O6/c1-18(2)6-7-19-14-10(18)4-3-5-11(14)20(17(26)16(19)25)8-12(22)15(24)13(23)9-21/h3-5,12-13,15,21-24H,6-9H2,1-2H3/t12-,13+,15+/m0/s1. The van der Waals surface area contributed by atoms with Gasteiger partial charge in [-0.15, -0.1) is 0 Å². The quantitative estimate of drug-likeness (QED) is 0.500. The van der Waals surface area contributed by atoms with Gasteiger partial charge in [-0.2, -0.15) is 0 Å². The Bertz CT molecular complexity index is 945. The van der Waals surface area contributed by atoms with E-state index in [-0.39, 0.29) is 12.0 Å². The molecule has 0 aliphatic carbocycles. The molecule has 3 rings (SSSR count). The van der Waals surface area contributed by atoms with E-state index in [1.165, 1.54) is 4.57 Å². The molecule has 8 nitrogen and oxygen atoms in total. The summed E-state index contributed by atoms with van der Waals surface area (Å²) in [5, 5.41) is 38.5. The van der Waals surface area contributed by atoms with Gasteiger partial charge in [0, 0.05) is 6.54 Å². The van der Waals surface area contributed by atoms with E-state index in [1.807, 2.05) is 6.07 Å². The van der Waals surface area contributed by atoms with Gasteiger partial charge in [-0.3, -0.25) is 14.2 Å². The third kappa shape index (κ3) is 2.88. The van der Waals surface area contributed by atoms with Gasteiger partial charge in [0.25, 0.3) is 0 Å². The number of rotatable bonds is 5. The SMILES string of the molecule is CC1(C)CCn2c(=O)c(=O)n(C[C@H](O)[C@@H](O)[C@H](O)CO)c3cccc1c32. The van der Waals surface area contributed by atoms with Crippen LogP contribution in [0.2, 0.25) is 0 Å². The van der Waals surface area contributed by atoms with Gasteiger partial charge in [0.15, 0.2) is 0 Å². The molecule has 142 valence electrons. The van der Waals surface area contributed by atoms with Crippen molar-refractivity contribution in [1.82, 2.24) is 9.13 Å². The van der Waals surface area contributed by atoms with Gasteiger partial charge in [0.1, 0.15) is 18.3 Å². The van der Waals surface area contributed by atoms with Crippen molar-refractivity contribution in [2.75, 3.05) is 6.61 Å². The highest BCUT2D eigenvalue weighted by Gasteiger charge is 2.31. The van der Waals surface area contributed by atoms with Crippen LogP contribution >= 0.6 is 0 Å². The number of aliphatic hydroxyl groups is 4. The average Bonchev–Trinajstić information content (AvgIpc) is 2.62. The fraction of sp³-hybridized carbons (Fsp3) is 0.556. The van der Waals surface area contributed by atoms with Crippen LogP contribution in [0, 0.1) is 0 Å². The van der Waals surface area contributed by atoms with Gasteiger partial charge in [-0.1, -0.05) is 26.0 Å². The minimum Gasteiger partial charge on any atom is -0.394 e. The number of aryl methyl sites for hydroxylation is 1. The Morgan fingerprint density at radius 1 is 1.12 bits per heavy atom. The van der Waals surface area contributed by atoms with Crippen LogP contribution < -0.4 is 11.1 Å². The Labute approximate surface area is 149 Å². The summed E-state index contributed by atoms with van der Waals surface area (Å²) in [5.74, 6) is 0. The lowest BCUT2D eigenvalue weighted by Gasteiger charge is -2.33. The Morgan fingerprint density at radius 2 is 1.81 bits per heavy atom. The number of para-hydroxylation sites is 1. The monoisotopic (exact) mass is 364 g/mol. The van der Waals surface area contributed by atoms with Crippen molar-refractivity contribution >= 4 is 11.0 Å². The van der Waals surface area contributed by atoms with E-state index in [0.717, 1.165) is 16.6 Å². The molecule has 0 saturated heterocycles. The van der Waals surface area contributed by atoms with Gasteiger partial charge in [-0.25, -0.2) is 0 Å². The molecule has 0 amide bonds. The van der Waals surface area contributed by atoms with E-state index in [4.69, 9.17) is 5.11 Å². The first kappa shape index (κ1) is 18.8. The molecule has 0 unspecified atom stereocenters. The van der Waals surface area contributed by atoms with Gasteiger partial charge < -0.3 is 25.0 Å². The molecule has 0 fully saturated rings. The minimum absolute atomic E-state index is 0.167. The maximum Gasteiger partial charge on any atom is 0.317 e. The second-order valence-corrected chi connectivity index (χ2v) is 7.49. The lowest BCUT2D eigenvalue weighted by molar-refractivity contribution is -0.0805. The summed E-state index contributed by atoms with van der Waals surface area (Å²) >= 11 is 0. The number of hydrogen-bond donors (Lipinski definition) is 4. The molecule has 0 spiro atoms. The van der Waals surface area contributed by atoms with Gasteiger partial charge in [-0.05, 0) is 23.5 Å². The lowest BCUT2D eigenvalue weighted by Crippen LogP contribution is -2.48. The molecule has 0 bridgehead atoms. The van der Waals surface area contributed by atoms with Gasteiger partial charge in [0.05, 0.1) is 24.2 Å². The number of aliphatic hydroxyl groups excluding tert-OH is 4. The second-order valence-electron chi connectivity index (χ2n) is 7.49. The first-order valence-electron chi connectivity index (χ1n) is 8.61. The second kappa shape index (κ2) is 6.62. The molecule has 0 saturated carbocycles. The van der Waals surface area contributed by atoms with E-state index in [0.29, 0.717) is 17.6 Å². The molecular weight excluding hydrogens is 340 g/mol. The van der Waals surface area contributed by atoms with Crippen molar-refractivity contribution in [2.45, 2.75) is 57.1 Å². The van der Waals surface area contributed by atoms with Crippen LogP contribution in [0.4, 0.5) is 0 Å². The van der Waals surface area contributed by atoms with Crippen LogP contribution in [-0.4, -0.2) is 54.5 Å². The molecule has 1 aromatic carbocycles. The highest BCUT2D eigenvalue weighted by Crippen LogP contribution is 2.36. The summed E-state index contributed by atoms with van der Waals surface area (Å²) in [4.78, 5) is 25.2. The largest absolute Gasteiger partial charge is 0.394 e. The van der Waals surface area contributed by atoms with Crippen LogP contribution in [0.25, 0.3) is 11.0 Å². The average molecular weight is 364 g/mol.